The smallest absolute Gasteiger partial charge is 0.269 e. The van der Waals surface area contributed by atoms with Crippen LogP contribution in [0, 0.1) is 10.1 Å². The van der Waals surface area contributed by atoms with Gasteiger partial charge in [0.05, 0.1) is 17.0 Å². The highest BCUT2D eigenvalue weighted by molar-refractivity contribution is 5.82. The van der Waals surface area contributed by atoms with Gasteiger partial charge in [-0.05, 0) is 18.9 Å². The van der Waals surface area contributed by atoms with E-state index in [1.54, 1.807) is 32.2 Å². The molecular formula is C14H19N3O3. The molecule has 20 heavy (non-hydrogen) atoms. The van der Waals surface area contributed by atoms with Gasteiger partial charge in [0.2, 0.25) is 5.91 Å². The average Bonchev–Trinajstić information content (AvgIpc) is 2.45. The molecule has 0 aliphatic heterocycles. The van der Waals surface area contributed by atoms with Gasteiger partial charge in [0.25, 0.3) is 5.69 Å². The Morgan fingerprint density at radius 1 is 1.60 bits per heavy atom. The lowest BCUT2D eigenvalue weighted by Crippen LogP contribution is -2.42. The monoisotopic (exact) mass is 277 g/mol. The minimum atomic E-state index is -0.640. The molecule has 0 spiro atoms. The van der Waals surface area contributed by atoms with Gasteiger partial charge in [0.1, 0.15) is 0 Å². The Hall–Kier alpha value is -2.21. The zero-order valence-electron chi connectivity index (χ0n) is 11.7. The number of nitro groups is 1. The van der Waals surface area contributed by atoms with Crippen molar-refractivity contribution in [1.29, 1.82) is 0 Å². The van der Waals surface area contributed by atoms with Gasteiger partial charge < -0.3 is 10.6 Å². The zero-order valence-corrected chi connectivity index (χ0v) is 11.7. The minimum absolute atomic E-state index is 0.00517. The predicted molar refractivity (Wildman–Crippen MR) is 77.1 cm³/mol. The maximum atomic E-state index is 12.1. The van der Waals surface area contributed by atoms with Gasteiger partial charge >= 0.3 is 0 Å². The Morgan fingerprint density at radius 3 is 2.80 bits per heavy atom. The Morgan fingerprint density at radius 2 is 2.25 bits per heavy atom. The first-order chi connectivity index (χ1) is 9.38. The molecule has 0 radical (unpaired) electrons. The second kappa shape index (κ2) is 6.81. The first-order valence-corrected chi connectivity index (χ1v) is 6.26. The summed E-state index contributed by atoms with van der Waals surface area (Å²) in [5.74, 6) is -0.219. The maximum absolute atomic E-state index is 12.1. The molecule has 1 rings (SSSR count). The van der Waals surface area contributed by atoms with E-state index in [0.29, 0.717) is 12.0 Å². The average molecular weight is 277 g/mol. The summed E-state index contributed by atoms with van der Waals surface area (Å²) in [4.78, 5) is 23.9. The van der Waals surface area contributed by atoms with Crippen LogP contribution in [0.25, 0.3) is 0 Å². The van der Waals surface area contributed by atoms with Gasteiger partial charge in [-0.25, -0.2) is 0 Å². The summed E-state index contributed by atoms with van der Waals surface area (Å²) in [5.41, 5.74) is 6.45. The number of nitrogens with two attached hydrogens (primary N) is 1. The molecule has 2 N–H and O–H groups in total. The number of likely N-dealkylation sites (N-methyl/N-ethyl adjacent to an activating group) is 1. The predicted octanol–water partition coefficient (Wildman–Crippen LogP) is 2.02. The molecule has 0 aliphatic rings. The molecular weight excluding hydrogens is 258 g/mol. The molecule has 2 atom stereocenters. The first-order valence-electron chi connectivity index (χ1n) is 6.26. The van der Waals surface area contributed by atoms with E-state index in [1.807, 2.05) is 0 Å². The Balaban J connectivity index is 2.91. The van der Waals surface area contributed by atoms with Crippen LogP contribution in [-0.4, -0.2) is 28.8 Å². The Bertz CT molecular complexity index is 516. The van der Waals surface area contributed by atoms with Crippen molar-refractivity contribution >= 4 is 11.6 Å². The normalized spacial score (nSPS) is 13.3. The van der Waals surface area contributed by atoms with Crippen molar-refractivity contribution in [3.05, 3.63) is 52.6 Å². The largest absolute Gasteiger partial charge is 0.338 e. The van der Waals surface area contributed by atoms with E-state index < -0.39 is 11.0 Å². The summed E-state index contributed by atoms with van der Waals surface area (Å²) >= 11 is 0. The summed E-state index contributed by atoms with van der Waals surface area (Å²) in [6, 6.07) is 5.30. The lowest BCUT2D eigenvalue weighted by molar-refractivity contribution is -0.384. The van der Waals surface area contributed by atoms with Crippen molar-refractivity contribution in [3.8, 4) is 0 Å². The molecule has 0 aromatic heterocycles. The molecule has 0 saturated carbocycles. The van der Waals surface area contributed by atoms with Gasteiger partial charge in [0.15, 0.2) is 0 Å². The number of rotatable bonds is 6. The molecule has 1 amide bonds. The van der Waals surface area contributed by atoms with Gasteiger partial charge in [-0.1, -0.05) is 18.2 Å². The number of amides is 1. The highest BCUT2D eigenvalue weighted by Crippen LogP contribution is 2.23. The van der Waals surface area contributed by atoms with Crippen molar-refractivity contribution in [1.82, 2.24) is 4.90 Å². The summed E-state index contributed by atoms with van der Waals surface area (Å²) in [7, 11) is 1.63. The third-order valence-electron chi connectivity index (χ3n) is 3.23. The van der Waals surface area contributed by atoms with Crippen LogP contribution >= 0.6 is 0 Å². The molecule has 1 aromatic rings. The van der Waals surface area contributed by atoms with Crippen LogP contribution in [0.15, 0.2) is 36.9 Å². The molecule has 0 bridgehead atoms. The molecule has 2 unspecified atom stereocenters. The third kappa shape index (κ3) is 3.64. The SMILES string of the molecule is C=CCC(N)C(=O)N(C)C(C)c1cccc([N+](=O)[O-])c1. The fourth-order valence-corrected chi connectivity index (χ4v) is 1.85. The van der Waals surface area contributed by atoms with Crippen LogP contribution in [-0.2, 0) is 4.79 Å². The summed E-state index contributed by atoms with van der Waals surface area (Å²) in [6.07, 6.45) is 1.99. The number of benzene rings is 1. The summed E-state index contributed by atoms with van der Waals surface area (Å²) in [6.45, 7) is 5.35. The van der Waals surface area contributed by atoms with Crippen LogP contribution < -0.4 is 5.73 Å². The van der Waals surface area contributed by atoms with E-state index >= 15 is 0 Å². The number of non-ortho nitro benzene ring substituents is 1. The number of carbonyl (C=O) groups excluding carboxylic acids is 1. The van der Waals surface area contributed by atoms with Crippen molar-refractivity contribution < 1.29 is 9.72 Å². The van der Waals surface area contributed by atoms with Gasteiger partial charge in [-0.2, -0.15) is 0 Å². The van der Waals surface area contributed by atoms with E-state index in [4.69, 9.17) is 5.73 Å². The van der Waals surface area contributed by atoms with Crippen LogP contribution in [0.2, 0.25) is 0 Å². The number of hydrogen-bond donors (Lipinski definition) is 1. The minimum Gasteiger partial charge on any atom is -0.338 e. The lowest BCUT2D eigenvalue weighted by atomic mass is 10.1. The number of carbonyl (C=O) groups is 1. The quantitative estimate of drug-likeness (QED) is 0.489. The number of hydrogen-bond acceptors (Lipinski definition) is 4. The molecule has 0 saturated heterocycles. The topological polar surface area (TPSA) is 89.5 Å². The van der Waals surface area contributed by atoms with E-state index in [2.05, 4.69) is 6.58 Å². The van der Waals surface area contributed by atoms with Gasteiger partial charge in [-0.3, -0.25) is 14.9 Å². The molecule has 0 heterocycles. The van der Waals surface area contributed by atoms with Crippen LogP contribution in [0.5, 0.6) is 0 Å². The fraction of sp³-hybridized carbons (Fsp3) is 0.357. The number of nitro benzene ring substituents is 1. The number of nitrogens with zero attached hydrogens (tertiary/aromatic N) is 2. The molecule has 0 fully saturated rings. The van der Waals surface area contributed by atoms with Crippen molar-refractivity contribution in [3.63, 3.8) is 0 Å². The van der Waals surface area contributed by atoms with Crippen molar-refractivity contribution in [2.75, 3.05) is 7.05 Å². The van der Waals surface area contributed by atoms with E-state index in [1.165, 1.54) is 17.0 Å². The molecule has 108 valence electrons. The van der Waals surface area contributed by atoms with Crippen LogP contribution in [0.1, 0.15) is 24.9 Å². The van der Waals surface area contributed by atoms with E-state index in [-0.39, 0.29) is 17.6 Å². The Labute approximate surface area is 118 Å². The molecule has 6 nitrogen and oxygen atoms in total. The third-order valence-corrected chi connectivity index (χ3v) is 3.23. The second-order valence-electron chi connectivity index (χ2n) is 4.61. The first kappa shape index (κ1) is 15.8. The van der Waals surface area contributed by atoms with Gasteiger partial charge in [0, 0.05) is 19.2 Å². The van der Waals surface area contributed by atoms with Crippen molar-refractivity contribution in [2.45, 2.75) is 25.4 Å². The second-order valence-corrected chi connectivity index (χ2v) is 4.61. The summed E-state index contributed by atoms with van der Waals surface area (Å²) in [5, 5.41) is 10.8. The van der Waals surface area contributed by atoms with E-state index in [0.717, 1.165) is 0 Å². The maximum Gasteiger partial charge on any atom is 0.269 e. The fourth-order valence-electron chi connectivity index (χ4n) is 1.85. The zero-order chi connectivity index (χ0) is 15.3. The highest BCUT2D eigenvalue weighted by atomic mass is 16.6. The molecule has 0 aliphatic carbocycles. The lowest BCUT2D eigenvalue weighted by Gasteiger charge is -2.27. The standard InChI is InChI=1S/C14H19N3O3/c1-4-6-13(15)14(18)16(3)10(2)11-7-5-8-12(9-11)17(19)20/h4-5,7-10,13H,1,6,15H2,2-3H3. The summed E-state index contributed by atoms with van der Waals surface area (Å²) < 4.78 is 0. The van der Waals surface area contributed by atoms with E-state index in [9.17, 15) is 14.9 Å². The van der Waals surface area contributed by atoms with Crippen LogP contribution in [0.4, 0.5) is 5.69 Å². The van der Waals surface area contributed by atoms with Crippen LogP contribution in [0.3, 0.4) is 0 Å². The molecule has 6 heteroatoms. The van der Waals surface area contributed by atoms with Gasteiger partial charge in [-0.15, -0.1) is 6.58 Å². The Kier molecular flexibility index (Phi) is 5.40. The molecule has 1 aromatic carbocycles. The van der Waals surface area contributed by atoms with Crippen molar-refractivity contribution in [2.24, 2.45) is 5.73 Å². The highest BCUT2D eigenvalue weighted by Gasteiger charge is 2.23.